The molecule has 3 aromatic rings. The molecule has 2 aromatic carbocycles. The minimum absolute atomic E-state index is 0.0491. The Hall–Kier alpha value is -2.85. The van der Waals surface area contributed by atoms with Gasteiger partial charge in [-0.25, -0.2) is 0 Å². The second kappa shape index (κ2) is 8.72. The molecular weight excluding hydrogens is 384 g/mol. The highest BCUT2D eigenvalue weighted by molar-refractivity contribution is 5.84. The topological polar surface area (TPSA) is 56.3 Å². The van der Waals surface area contributed by atoms with Gasteiger partial charge in [0, 0.05) is 42.1 Å². The van der Waals surface area contributed by atoms with Crippen molar-refractivity contribution in [1.82, 2.24) is 9.88 Å². The molecule has 0 aliphatic heterocycles. The van der Waals surface area contributed by atoms with Gasteiger partial charge in [-0.15, -0.1) is 0 Å². The fraction of sp³-hybridized carbons (Fsp3) is 0.370. The maximum Gasteiger partial charge on any atom is 0.125 e. The molecule has 4 heteroatoms. The second-order valence-corrected chi connectivity index (χ2v) is 9.58. The number of aromatic hydroxyl groups is 1. The fourth-order valence-corrected chi connectivity index (χ4v) is 5.14. The maximum absolute atomic E-state index is 12.2. The SMILES string of the molecule is CC1=C[C@@H](N(CCc2c[nH]c3ccc(O)cc23)Cc2ccccc2)[C@H](C=O)C(C)(C)C1. The van der Waals surface area contributed by atoms with E-state index in [1.807, 2.05) is 24.4 Å². The third-order valence-electron chi connectivity index (χ3n) is 6.68. The quantitative estimate of drug-likeness (QED) is 0.396. The summed E-state index contributed by atoms with van der Waals surface area (Å²) in [5, 5.41) is 11.0. The van der Waals surface area contributed by atoms with Crippen molar-refractivity contribution in [2.45, 2.75) is 46.2 Å². The Labute approximate surface area is 184 Å². The van der Waals surface area contributed by atoms with Crippen molar-refractivity contribution in [3.05, 3.63) is 77.5 Å². The number of carbonyl (C=O) groups is 1. The lowest BCUT2D eigenvalue weighted by molar-refractivity contribution is -0.117. The van der Waals surface area contributed by atoms with Crippen molar-refractivity contribution < 1.29 is 9.90 Å². The van der Waals surface area contributed by atoms with Crippen LogP contribution in [0.2, 0.25) is 0 Å². The predicted octanol–water partition coefficient (Wildman–Crippen LogP) is 5.48. The van der Waals surface area contributed by atoms with E-state index in [1.165, 1.54) is 16.7 Å². The third-order valence-corrected chi connectivity index (χ3v) is 6.68. The van der Waals surface area contributed by atoms with E-state index in [2.05, 4.69) is 61.0 Å². The summed E-state index contributed by atoms with van der Waals surface area (Å²) >= 11 is 0. The van der Waals surface area contributed by atoms with Gasteiger partial charge in [-0.3, -0.25) is 4.90 Å². The first-order valence-electron chi connectivity index (χ1n) is 11.1. The van der Waals surface area contributed by atoms with Crippen molar-refractivity contribution in [1.29, 1.82) is 0 Å². The first-order valence-corrected chi connectivity index (χ1v) is 11.1. The van der Waals surface area contributed by atoms with Crippen LogP contribution in [0.15, 0.2) is 66.4 Å². The van der Waals surface area contributed by atoms with Gasteiger partial charge in [0.1, 0.15) is 12.0 Å². The van der Waals surface area contributed by atoms with Crippen LogP contribution in [0.4, 0.5) is 0 Å². The molecule has 0 fully saturated rings. The van der Waals surface area contributed by atoms with E-state index in [1.54, 1.807) is 6.07 Å². The maximum atomic E-state index is 12.2. The van der Waals surface area contributed by atoms with E-state index < -0.39 is 0 Å². The molecular formula is C27H32N2O2. The lowest BCUT2D eigenvalue weighted by Crippen LogP contribution is -2.48. The number of aromatic nitrogens is 1. The molecule has 0 unspecified atom stereocenters. The minimum atomic E-state index is -0.0627. The minimum Gasteiger partial charge on any atom is -0.508 e. The molecule has 4 rings (SSSR count). The average Bonchev–Trinajstić information content (AvgIpc) is 3.12. The molecule has 0 bridgehead atoms. The van der Waals surface area contributed by atoms with Crippen LogP contribution in [0.3, 0.4) is 0 Å². The van der Waals surface area contributed by atoms with Crippen LogP contribution in [-0.4, -0.2) is 33.9 Å². The van der Waals surface area contributed by atoms with Crippen molar-refractivity contribution in [3.8, 4) is 5.75 Å². The lowest BCUT2D eigenvalue weighted by Gasteiger charge is -2.44. The first-order chi connectivity index (χ1) is 14.9. The fourth-order valence-electron chi connectivity index (χ4n) is 5.14. The molecule has 0 radical (unpaired) electrons. The van der Waals surface area contributed by atoms with Gasteiger partial charge in [0.15, 0.2) is 0 Å². The van der Waals surface area contributed by atoms with Crippen LogP contribution in [-0.2, 0) is 17.8 Å². The zero-order valence-electron chi connectivity index (χ0n) is 18.6. The number of allylic oxidation sites excluding steroid dienone is 1. The third kappa shape index (κ3) is 4.59. The van der Waals surface area contributed by atoms with E-state index >= 15 is 0 Å². The van der Waals surface area contributed by atoms with Crippen LogP contribution in [0.1, 0.15) is 38.3 Å². The average molecular weight is 417 g/mol. The Morgan fingerprint density at radius 2 is 1.97 bits per heavy atom. The summed E-state index contributed by atoms with van der Waals surface area (Å²) in [6.07, 6.45) is 7.29. The molecule has 31 heavy (non-hydrogen) atoms. The number of nitrogens with one attached hydrogen (secondary N) is 1. The molecule has 2 atom stereocenters. The van der Waals surface area contributed by atoms with Gasteiger partial charge in [0.2, 0.25) is 0 Å². The first kappa shape index (κ1) is 21.4. The summed E-state index contributed by atoms with van der Waals surface area (Å²) in [5.74, 6) is 0.232. The Morgan fingerprint density at radius 3 is 2.71 bits per heavy atom. The van der Waals surface area contributed by atoms with Gasteiger partial charge in [0.25, 0.3) is 0 Å². The normalized spacial score (nSPS) is 20.7. The van der Waals surface area contributed by atoms with E-state index in [0.29, 0.717) is 0 Å². The van der Waals surface area contributed by atoms with Gasteiger partial charge in [-0.05, 0) is 54.5 Å². The zero-order valence-corrected chi connectivity index (χ0v) is 18.6. The van der Waals surface area contributed by atoms with Crippen LogP contribution >= 0.6 is 0 Å². The summed E-state index contributed by atoms with van der Waals surface area (Å²) in [4.78, 5) is 18.0. The molecule has 1 aromatic heterocycles. The lowest BCUT2D eigenvalue weighted by atomic mass is 9.67. The molecule has 4 nitrogen and oxygen atoms in total. The number of benzene rings is 2. The number of phenolic OH excluding ortho intramolecular Hbond substituents is 1. The molecule has 0 spiro atoms. The molecule has 1 heterocycles. The summed E-state index contributed by atoms with van der Waals surface area (Å²) in [6.45, 7) is 8.21. The summed E-state index contributed by atoms with van der Waals surface area (Å²) in [5.41, 5.74) is 4.75. The van der Waals surface area contributed by atoms with E-state index in [9.17, 15) is 9.90 Å². The van der Waals surface area contributed by atoms with Crippen LogP contribution in [0.25, 0.3) is 10.9 Å². The standard InChI is InChI=1S/C27H32N2O2/c1-19-13-26(24(18-30)27(2,3)15-19)29(17-20-7-5-4-6-8-20)12-11-21-16-28-25-10-9-22(31)14-23(21)25/h4-10,13-14,16,18,24,26,28,31H,11-12,15,17H2,1-3H3/t24-,26+/m0/s1. The Bertz CT molecular complexity index is 1080. The highest BCUT2D eigenvalue weighted by atomic mass is 16.3. The molecule has 1 aliphatic carbocycles. The number of rotatable bonds is 7. The number of fused-ring (bicyclic) bond motifs is 1. The van der Waals surface area contributed by atoms with Gasteiger partial charge in [-0.2, -0.15) is 0 Å². The number of aldehydes is 1. The number of H-pyrrole nitrogens is 1. The monoisotopic (exact) mass is 416 g/mol. The van der Waals surface area contributed by atoms with Crippen LogP contribution in [0, 0.1) is 11.3 Å². The number of nitrogens with zero attached hydrogens (tertiary/aromatic N) is 1. The Morgan fingerprint density at radius 1 is 1.19 bits per heavy atom. The van der Waals surface area contributed by atoms with E-state index in [4.69, 9.17) is 0 Å². The highest BCUT2D eigenvalue weighted by Crippen LogP contribution is 2.41. The number of hydrogen-bond acceptors (Lipinski definition) is 3. The molecule has 2 N–H and O–H groups in total. The van der Waals surface area contributed by atoms with E-state index in [0.717, 1.165) is 43.1 Å². The van der Waals surface area contributed by atoms with E-state index in [-0.39, 0.29) is 23.1 Å². The summed E-state index contributed by atoms with van der Waals surface area (Å²) in [7, 11) is 0. The van der Waals surface area contributed by atoms with Crippen molar-refractivity contribution >= 4 is 17.2 Å². The second-order valence-electron chi connectivity index (χ2n) is 9.58. The Balaban J connectivity index is 1.64. The smallest absolute Gasteiger partial charge is 0.125 e. The van der Waals surface area contributed by atoms with Gasteiger partial charge in [-0.1, -0.05) is 55.8 Å². The number of carbonyl (C=O) groups excluding carboxylic acids is 1. The number of aromatic amines is 1. The van der Waals surface area contributed by atoms with Crippen LogP contribution < -0.4 is 0 Å². The number of hydrogen-bond donors (Lipinski definition) is 2. The highest BCUT2D eigenvalue weighted by Gasteiger charge is 2.40. The van der Waals surface area contributed by atoms with Crippen molar-refractivity contribution in [3.63, 3.8) is 0 Å². The largest absolute Gasteiger partial charge is 0.508 e. The molecule has 0 saturated carbocycles. The summed E-state index contributed by atoms with van der Waals surface area (Å²) in [6, 6.07) is 16.0. The number of phenols is 1. The molecule has 0 amide bonds. The predicted molar refractivity (Wildman–Crippen MR) is 126 cm³/mol. The molecule has 1 aliphatic rings. The van der Waals surface area contributed by atoms with Gasteiger partial charge in [0.05, 0.1) is 0 Å². The zero-order chi connectivity index (χ0) is 22.0. The van der Waals surface area contributed by atoms with Gasteiger partial charge >= 0.3 is 0 Å². The van der Waals surface area contributed by atoms with Gasteiger partial charge < -0.3 is 14.9 Å². The molecule has 0 saturated heterocycles. The summed E-state index contributed by atoms with van der Waals surface area (Å²) < 4.78 is 0. The van der Waals surface area contributed by atoms with Crippen LogP contribution in [0.5, 0.6) is 5.75 Å². The Kier molecular flexibility index (Phi) is 6.01. The molecule has 162 valence electrons. The van der Waals surface area contributed by atoms with Crippen molar-refractivity contribution in [2.24, 2.45) is 11.3 Å². The van der Waals surface area contributed by atoms with Crippen molar-refractivity contribution in [2.75, 3.05) is 6.54 Å².